The van der Waals surface area contributed by atoms with Crippen LogP contribution < -0.4 is 0 Å². The van der Waals surface area contributed by atoms with Crippen molar-refractivity contribution in [2.45, 2.75) is 33.2 Å². The van der Waals surface area contributed by atoms with Crippen molar-refractivity contribution < 1.29 is 4.79 Å². The molecular formula is C13H17ClN2O. The zero-order chi connectivity index (χ0) is 12.4. The lowest BCUT2D eigenvalue weighted by atomic mass is 10.2. The van der Waals surface area contributed by atoms with Gasteiger partial charge in [0.1, 0.15) is 5.15 Å². The number of amides is 1. The SMILES string of the molecule is CCN(Cc1cc(C)cnc1Cl)C(=O)C1CC1. The monoisotopic (exact) mass is 252 g/mol. The summed E-state index contributed by atoms with van der Waals surface area (Å²) in [6.07, 6.45) is 3.81. The lowest BCUT2D eigenvalue weighted by Crippen LogP contribution is -2.31. The Labute approximate surface area is 107 Å². The van der Waals surface area contributed by atoms with Gasteiger partial charge in [0.05, 0.1) is 0 Å². The second kappa shape index (κ2) is 5.05. The van der Waals surface area contributed by atoms with Crippen molar-refractivity contribution in [2.24, 2.45) is 5.92 Å². The van der Waals surface area contributed by atoms with Gasteiger partial charge in [-0.2, -0.15) is 0 Å². The summed E-state index contributed by atoms with van der Waals surface area (Å²) >= 11 is 6.05. The third kappa shape index (κ3) is 2.97. The van der Waals surface area contributed by atoms with Gasteiger partial charge < -0.3 is 4.90 Å². The van der Waals surface area contributed by atoms with Crippen LogP contribution in [0.2, 0.25) is 5.15 Å². The highest BCUT2D eigenvalue weighted by atomic mass is 35.5. The molecule has 0 aliphatic heterocycles. The molecule has 3 nitrogen and oxygen atoms in total. The molecule has 0 N–H and O–H groups in total. The smallest absolute Gasteiger partial charge is 0.225 e. The first-order chi connectivity index (χ1) is 8.11. The maximum atomic E-state index is 12.0. The van der Waals surface area contributed by atoms with Crippen molar-refractivity contribution in [3.63, 3.8) is 0 Å². The van der Waals surface area contributed by atoms with Crippen molar-refractivity contribution in [1.82, 2.24) is 9.88 Å². The molecule has 0 saturated heterocycles. The Morgan fingerprint density at radius 1 is 1.59 bits per heavy atom. The number of nitrogens with zero attached hydrogens (tertiary/aromatic N) is 2. The molecule has 92 valence electrons. The molecule has 2 rings (SSSR count). The van der Waals surface area contributed by atoms with Crippen LogP contribution in [0, 0.1) is 12.8 Å². The number of carbonyl (C=O) groups is 1. The van der Waals surface area contributed by atoms with Crippen LogP contribution in [-0.2, 0) is 11.3 Å². The Morgan fingerprint density at radius 3 is 2.88 bits per heavy atom. The number of rotatable bonds is 4. The number of pyridine rings is 1. The zero-order valence-electron chi connectivity index (χ0n) is 10.2. The van der Waals surface area contributed by atoms with Crippen molar-refractivity contribution in [1.29, 1.82) is 0 Å². The fraction of sp³-hybridized carbons (Fsp3) is 0.538. The van der Waals surface area contributed by atoms with Crippen LogP contribution in [0.4, 0.5) is 0 Å². The first-order valence-electron chi connectivity index (χ1n) is 6.01. The summed E-state index contributed by atoms with van der Waals surface area (Å²) < 4.78 is 0. The van der Waals surface area contributed by atoms with E-state index in [1.807, 2.05) is 24.8 Å². The number of halogens is 1. The van der Waals surface area contributed by atoms with E-state index in [9.17, 15) is 4.79 Å². The van der Waals surface area contributed by atoms with Gasteiger partial charge in [-0.15, -0.1) is 0 Å². The van der Waals surface area contributed by atoms with E-state index in [4.69, 9.17) is 11.6 Å². The van der Waals surface area contributed by atoms with E-state index in [-0.39, 0.29) is 11.8 Å². The summed E-state index contributed by atoms with van der Waals surface area (Å²) in [4.78, 5) is 18.0. The minimum Gasteiger partial charge on any atom is -0.338 e. The fourth-order valence-electron chi connectivity index (χ4n) is 1.86. The van der Waals surface area contributed by atoms with E-state index in [1.165, 1.54) is 0 Å². The first kappa shape index (κ1) is 12.4. The van der Waals surface area contributed by atoms with Crippen LogP contribution in [0.1, 0.15) is 30.9 Å². The molecule has 1 saturated carbocycles. The highest BCUT2D eigenvalue weighted by Crippen LogP contribution is 2.31. The van der Waals surface area contributed by atoms with Crippen LogP contribution in [-0.4, -0.2) is 22.3 Å². The topological polar surface area (TPSA) is 33.2 Å². The molecule has 0 aromatic carbocycles. The van der Waals surface area contributed by atoms with Gasteiger partial charge in [0.15, 0.2) is 0 Å². The Balaban J connectivity index is 2.11. The van der Waals surface area contributed by atoms with Crippen LogP contribution in [0.15, 0.2) is 12.3 Å². The molecule has 0 radical (unpaired) electrons. The van der Waals surface area contributed by atoms with Gasteiger partial charge in [-0.25, -0.2) is 4.98 Å². The molecular weight excluding hydrogens is 236 g/mol. The molecule has 0 atom stereocenters. The third-order valence-corrected chi connectivity index (χ3v) is 3.37. The van der Waals surface area contributed by atoms with E-state index < -0.39 is 0 Å². The standard InChI is InChI=1S/C13H17ClN2O/c1-3-16(13(17)10-4-5-10)8-11-6-9(2)7-15-12(11)14/h6-7,10H,3-5,8H2,1-2H3. The predicted molar refractivity (Wildman–Crippen MR) is 67.8 cm³/mol. The molecule has 1 amide bonds. The van der Waals surface area contributed by atoms with Crippen molar-refractivity contribution in [2.75, 3.05) is 6.54 Å². The van der Waals surface area contributed by atoms with Crippen molar-refractivity contribution in [3.05, 3.63) is 28.5 Å². The number of hydrogen-bond donors (Lipinski definition) is 0. The molecule has 0 spiro atoms. The van der Waals surface area contributed by atoms with Crippen LogP contribution in [0.25, 0.3) is 0 Å². The highest BCUT2D eigenvalue weighted by molar-refractivity contribution is 6.30. The quantitative estimate of drug-likeness (QED) is 0.772. The number of aromatic nitrogens is 1. The van der Waals surface area contributed by atoms with Gasteiger partial charge in [0, 0.05) is 30.8 Å². The molecule has 4 heteroatoms. The number of hydrogen-bond acceptors (Lipinski definition) is 2. The Kier molecular flexibility index (Phi) is 3.67. The third-order valence-electron chi connectivity index (χ3n) is 3.03. The molecule has 1 aromatic heterocycles. The normalized spacial score (nSPS) is 14.8. The first-order valence-corrected chi connectivity index (χ1v) is 6.39. The lowest BCUT2D eigenvalue weighted by molar-refractivity contribution is -0.132. The molecule has 1 aliphatic carbocycles. The second-order valence-electron chi connectivity index (χ2n) is 4.59. The molecule has 1 aromatic rings. The maximum absolute atomic E-state index is 12.0. The number of aryl methyl sites for hydroxylation is 1. The van der Waals surface area contributed by atoms with E-state index in [0.717, 1.165) is 30.5 Å². The van der Waals surface area contributed by atoms with Gasteiger partial charge in [-0.1, -0.05) is 11.6 Å². The van der Waals surface area contributed by atoms with Crippen LogP contribution in [0.5, 0.6) is 0 Å². The maximum Gasteiger partial charge on any atom is 0.225 e. The predicted octanol–water partition coefficient (Wildman–Crippen LogP) is 2.80. The summed E-state index contributed by atoms with van der Waals surface area (Å²) in [5, 5.41) is 0.498. The van der Waals surface area contributed by atoms with E-state index >= 15 is 0 Å². The van der Waals surface area contributed by atoms with E-state index in [0.29, 0.717) is 11.7 Å². The molecule has 0 unspecified atom stereocenters. The minimum absolute atomic E-state index is 0.255. The summed E-state index contributed by atoms with van der Waals surface area (Å²) in [6.45, 7) is 5.27. The molecule has 17 heavy (non-hydrogen) atoms. The van der Waals surface area contributed by atoms with Gasteiger partial charge in [-0.3, -0.25) is 4.79 Å². The van der Waals surface area contributed by atoms with Gasteiger partial charge in [0.2, 0.25) is 5.91 Å². The molecule has 0 bridgehead atoms. The Bertz CT molecular complexity index is 429. The van der Waals surface area contributed by atoms with Crippen LogP contribution >= 0.6 is 11.6 Å². The van der Waals surface area contributed by atoms with E-state index in [1.54, 1.807) is 6.20 Å². The lowest BCUT2D eigenvalue weighted by Gasteiger charge is -2.21. The number of carbonyl (C=O) groups excluding carboxylic acids is 1. The zero-order valence-corrected chi connectivity index (χ0v) is 11.0. The van der Waals surface area contributed by atoms with Crippen molar-refractivity contribution >= 4 is 17.5 Å². The van der Waals surface area contributed by atoms with Gasteiger partial charge in [-0.05, 0) is 38.3 Å². The second-order valence-corrected chi connectivity index (χ2v) is 4.95. The summed E-state index contributed by atoms with van der Waals surface area (Å²) in [7, 11) is 0. The van der Waals surface area contributed by atoms with Crippen molar-refractivity contribution in [3.8, 4) is 0 Å². The average Bonchev–Trinajstić information content (AvgIpc) is 3.13. The van der Waals surface area contributed by atoms with Crippen LogP contribution in [0.3, 0.4) is 0 Å². The molecule has 1 fully saturated rings. The summed E-state index contributed by atoms with van der Waals surface area (Å²) in [6, 6.07) is 2.00. The molecule has 1 aliphatic rings. The Hall–Kier alpha value is -1.09. The van der Waals surface area contributed by atoms with Gasteiger partial charge >= 0.3 is 0 Å². The fourth-order valence-corrected chi connectivity index (χ4v) is 2.03. The Morgan fingerprint density at radius 2 is 2.29 bits per heavy atom. The minimum atomic E-state index is 0.255. The summed E-state index contributed by atoms with van der Waals surface area (Å²) in [5.74, 6) is 0.511. The molecule has 1 heterocycles. The largest absolute Gasteiger partial charge is 0.338 e. The highest BCUT2D eigenvalue weighted by Gasteiger charge is 2.32. The summed E-state index contributed by atoms with van der Waals surface area (Å²) in [5.41, 5.74) is 2.00. The van der Waals surface area contributed by atoms with E-state index in [2.05, 4.69) is 4.98 Å². The van der Waals surface area contributed by atoms with Gasteiger partial charge in [0.25, 0.3) is 0 Å². The average molecular weight is 253 g/mol.